The molecule has 0 spiro atoms. The van der Waals surface area contributed by atoms with Gasteiger partial charge in [0.25, 0.3) is 5.56 Å². The predicted octanol–water partition coefficient (Wildman–Crippen LogP) is 3.43. The van der Waals surface area contributed by atoms with Gasteiger partial charge in [-0.3, -0.25) is 9.59 Å². The second-order valence-electron chi connectivity index (χ2n) is 6.73. The molecule has 0 aliphatic heterocycles. The van der Waals surface area contributed by atoms with Crippen LogP contribution < -0.4 is 10.9 Å². The molecule has 1 heterocycles. The summed E-state index contributed by atoms with van der Waals surface area (Å²) in [6, 6.07) is 13.7. The maximum absolute atomic E-state index is 14.1. The Labute approximate surface area is 163 Å². The van der Waals surface area contributed by atoms with Crippen molar-refractivity contribution in [2.75, 3.05) is 6.54 Å². The highest BCUT2D eigenvalue weighted by molar-refractivity contribution is 5.77. The number of aryl methyl sites for hydroxylation is 1. The minimum Gasteiger partial charge on any atom is -0.356 e. The summed E-state index contributed by atoms with van der Waals surface area (Å²) in [5, 5.41) is 2.85. The van der Waals surface area contributed by atoms with Gasteiger partial charge < -0.3 is 9.88 Å². The first-order valence-corrected chi connectivity index (χ1v) is 9.58. The maximum Gasteiger partial charge on any atom is 0.273 e. The molecule has 1 aromatic heterocycles. The van der Waals surface area contributed by atoms with Crippen LogP contribution in [-0.4, -0.2) is 22.0 Å². The fourth-order valence-electron chi connectivity index (χ4n) is 3.09. The van der Waals surface area contributed by atoms with Gasteiger partial charge in [0, 0.05) is 24.9 Å². The lowest BCUT2D eigenvalue weighted by atomic mass is 10.1. The first-order valence-electron chi connectivity index (χ1n) is 9.58. The summed E-state index contributed by atoms with van der Waals surface area (Å²) in [7, 11) is 0. The zero-order valence-electron chi connectivity index (χ0n) is 16.0. The fraction of sp³-hybridized carbons (Fsp3) is 0.318. The summed E-state index contributed by atoms with van der Waals surface area (Å²) in [4.78, 5) is 29.5. The van der Waals surface area contributed by atoms with E-state index in [0.717, 1.165) is 12.8 Å². The van der Waals surface area contributed by atoms with E-state index in [9.17, 15) is 14.0 Å². The van der Waals surface area contributed by atoms with E-state index < -0.39 is 0 Å². The number of fused-ring (bicyclic) bond motifs is 1. The number of nitrogens with one attached hydrogen (secondary N) is 1. The third-order valence-electron chi connectivity index (χ3n) is 4.65. The molecule has 0 saturated heterocycles. The minimum atomic E-state index is -0.354. The van der Waals surface area contributed by atoms with Crippen LogP contribution in [-0.2, 0) is 17.8 Å². The molecule has 146 valence electrons. The quantitative estimate of drug-likeness (QED) is 0.608. The van der Waals surface area contributed by atoms with Gasteiger partial charge in [0.05, 0.1) is 17.6 Å². The number of hydrogen-bond donors (Lipinski definition) is 1. The van der Waals surface area contributed by atoms with E-state index >= 15 is 0 Å². The summed E-state index contributed by atoms with van der Waals surface area (Å²) in [5.41, 5.74) is 1.76. The zero-order valence-corrected chi connectivity index (χ0v) is 16.0. The highest BCUT2D eigenvalue weighted by atomic mass is 19.1. The zero-order chi connectivity index (χ0) is 19.9. The van der Waals surface area contributed by atoms with Crippen LogP contribution in [0.3, 0.4) is 0 Å². The molecule has 6 heteroatoms. The van der Waals surface area contributed by atoms with Crippen molar-refractivity contribution in [3.63, 3.8) is 0 Å². The number of nitrogens with zero attached hydrogens (tertiary/aromatic N) is 2. The molecule has 5 nitrogen and oxygen atoms in total. The van der Waals surface area contributed by atoms with Crippen molar-refractivity contribution in [3.05, 3.63) is 76.0 Å². The lowest BCUT2D eigenvalue weighted by Gasteiger charge is -2.13. The monoisotopic (exact) mass is 381 g/mol. The van der Waals surface area contributed by atoms with Crippen molar-refractivity contribution in [2.45, 2.75) is 39.2 Å². The molecule has 3 rings (SSSR count). The standard InChI is InChI=1S/C22H24FN3O2/c1-2-3-14-24-21(27)13-12-19-22(28)26(15-16-8-4-5-9-17(16)23)20-11-7-6-10-18(20)25-19/h4-11H,2-3,12-15H2,1H3,(H,24,27). The molecule has 0 aliphatic rings. The number of carbonyl (C=O) groups is 1. The molecule has 0 atom stereocenters. The van der Waals surface area contributed by atoms with Gasteiger partial charge in [-0.25, -0.2) is 9.37 Å². The van der Waals surface area contributed by atoms with E-state index in [4.69, 9.17) is 0 Å². The topological polar surface area (TPSA) is 64.0 Å². The Hall–Kier alpha value is -3.02. The molecule has 0 aliphatic carbocycles. The molecule has 0 fully saturated rings. The average molecular weight is 381 g/mol. The lowest BCUT2D eigenvalue weighted by Crippen LogP contribution is -2.29. The number of benzene rings is 2. The molecular formula is C22H24FN3O2. The van der Waals surface area contributed by atoms with Crippen molar-refractivity contribution < 1.29 is 9.18 Å². The number of rotatable bonds is 8. The summed E-state index contributed by atoms with van der Waals surface area (Å²) in [6.07, 6.45) is 2.38. The van der Waals surface area contributed by atoms with Gasteiger partial charge in [0.15, 0.2) is 0 Å². The molecule has 28 heavy (non-hydrogen) atoms. The smallest absolute Gasteiger partial charge is 0.273 e. The van der Waals surface area contributed by atoms with Crippen LogP contribution >= 0.6 is 0 Å². The molecule has 3 aromatic rings. The highest BCUT2D eigenvalue weighted by Gasteiger charge is 2.14. The largest absolute Gasteiger partial charge is 0.356 e. The molecule has 2 aromatic carbocycles. The number of carbonyl (C=O) groups excluding carboxylic acids is 1. The molecule has 0 unspecified atom stereocenters. The summed E-state index contributed by atoms with van der Waals surface area (Å²) in [6.45, 7) is 2.81. The molecule has 0 saturated carbocycles. The SMILES string of the molecule is CCCCNC(=O)CCc1nc2ccccc2n(Cc2ccccc2F)c1=O. The molecule has 1 N–H and O–H groups in total. The fourth-order valence-corrected chi connectivity index (χ4v) is 3.09. The average Bonchev–Trinajstić information content (AvgIpc) is 2.70. The van der Waals surface area contributed by atoms with Gasteiger partial charge in [0.1, 0.15) is 11.5 Å². The third kappa shape index (κ3) is 4.63. The van der Waals surface area contributed by atoms with Gasteiger partial charge >= 0.3 is 0 Å². The van der Waals surface area contributed by atoms with Crippen molar-refractivity contribution in [2.24, 2.45) is 0 Å². The number of hydrogen-bond acceptors (Lipinski definition) is 3. The number of unbranched alkanes of at least 4 members (excludes halogenated alkanes) is 1. The normalized spacial score (nSPS) is 10.9. The molecular weight excluding hydrogens is 357 g/mol. The van der Waals surface area contributed by atoms with Crippen LogP contribution in [0.15, 0.2) is 53.3 Å². The van der Waals surface area contributed by atoms with Crippen molar-refractivity contribution in [1.29, 1.82) is 0 Å². The second-order valence-corrected chi connectivity index (χ2v) is 6.73. The Morgan fingerprint density at radius 1 is 1.14 bits per heavy atom. The Kier molecular flexibility index (Phi) is 6.53. The van der Waals surface area contributed by atoms with E-state index in [2.05, 4.69) is 17.2 Å². The van der Waals surface area contributed by atoms with Crippen LogP contribution in [0, 0.1) is 5.82 Å². The van der Waals surface area contributed by atoms with Crippen LogP contribution in [0.5, 0.6) is 0 Å². The van der Waals surface area contributed by atoms with Gasteiger partial charge in [-0.2, -0.15) is 0 Å². The maximum atomic E-state index is 14.1. The number of halogens is 1. The predicted molar refractivity (Wildman–Crippen MR) is 108 cm³/mol. The summed E-state index contributed by atoms with van der Waals surface area (Å²) in [5.74, 6) is -0.449. The Bertz CT molecular complexity index is 1030. The van der Waals surface area contributed by atoms with E-state index in [-0.39, 0.29) is 36.7 Å². The number of amides is 1. The number of aromatic nitrogens is 2. The van der Waals surface area contributed by atoms with Crippen molar-refractivity contribution in [3.8, 4) is 0 Å². The van der Waals surface area contributed by atoms with Gasteiger partial charge in [-0.1, -0.05) is 43.7 Å². The van der Waals surface area contributed by atoms with Gasteiger partial charge in [-0.15, -0.1) is 0 Å². The van der Waals surface area contributed by atoms with E-state index in [1.165, 1.54) is 10.6 Å². The Morgan fingerprint density at radius 2 is 1.89 bits per heavy atom. The summed E-state index contributed by atoms with van der Waals surface area (Å²) >= 11 is 0. The van der Waals surface area contributed by atoms with Crippen LogP contribution in [0.4, 0.5) is 4.39 Å². The van der Waals surface area contributed by atoms with Gasteiger partial charge in [-0.05, 0) is 24.6 Å². The van der Waals surface area contributed by atoms with Crippen molar-refractivity contribution in [1.82, 2.24) is 14.9 Å². The lowest BCUT2D eigenvalue weighted by molar-refractivity contribution is -0.121. The van der Waals surface area contributed by atoms with Crippen molar-refractivity contribution >= 4 is 16.9 Å². The van der Waals surface area contributed by atoms with E-state index in [0.29, 0.717) is 28.8 Å². The molecule has 0 bridgehead atoms. The molecule has 1 amide bonds. The molecule has 0 radical (unpaired) electrons. The Balaban J connectivity index is 1.90. The third-order valence-corrected chi connectivity index (χ3v) is 4.65. The number of para-hydroxylation sites is 2. The van der Waals surface area contributed by atoms with Crippen LogP contribution in [0.2, 0.25) is 0 Å². The van der Waals surface area contributed by atoms with Crippen LogP contribution in [0.1, 0.15) is 37.4 Å². The van der Waals surface area contributed by atoms with Crippen LogP contribution in [0.25, 0.3) is 11.0 Å². The highest BCUT2D eigenvalue weighted by Crippen LogP contribution is 2.14. The van der Waals surface area contributed by atoms with E-state index in [1.54, 1.807) is 24.3 Å². The summed E-state index contributed by atoms with van der Waals surface area (Å²) < 4.78 is 15.7. The second kappa shape index (κ2) is 9.26. The first kappa shape index (κ1) is 19.7. The van der Waals surface area contributed by atoms with Gasteiger partial charge in [0.2, 0.25) is 5.91 Å². The Morgan fingerprint density at radius 3 is 2.68 bits per heavy atom. The first-order chi connectivity index (χ1) is 13.6. The minimum absolute atomic E-state index is 0.0940. The van der Waals surface area contributed by atoms with E-state index in [1.807, 2.05) is 18.2 Å².